The maximum Gasteiger partial charge on any atom is 0.246 e. The number of aromatic nitrogens is 2. The largest absolute Gasteiger partial charge is 0.274 e. The van der Waals surface area contributed by atoms with Gasteiger partial charge in [-0.2, -0.15) is 9.40 Å². The SMILES string of the molecule is Cn1cc(S(=O)(=O)N2CCCCCC2)c(-c2ccccc2)n1. The molecule has 5 nitrogen and oxygen atoms in total. The van der Waals surface area contributed by atoms with Crippen LogP contribution in [0.4, 0.5) is 0 Å². The zero-order valence-electron chi connectivity index (χ0n) is 12.8. The average Bonchev–Trinajstić information content (AvgIpc) is 2.74. The Morgan fingerprint density at radius 2 is 1.64 bits per heavy atom. The van der Waals surface area contributed by atoms with Crippen LogP contribution in [-0.2, 0) is 17.1 Å². The van der Waals surface area contributed by atoms with Crippen molar-refractivity contribution >= 4 is 10.0 Å². The fraction of sp³-hybridized carbons (Fsp3) is 0.438. The molecule has 0 N–H and O–H groups in total. The van der Waals surface area contributed by atoms with Gasteiger partial charge in [-0.1, -0.05) is 43.2 Å². The van der Waals surface area contributed by atoms with Gasteiger partial charge in [-0.05, 0) is 12.8 Å². The molecule has 1 fully saturated rings. The summed E-state index contributed by atoms with van der Waals surface area (Å²) in [7, 11) is -1.74. The number of sulfonamides is 1. The van der Waals surface area contributed by atoms with E-state index in [-0.39, 0.29) is 0 Å². The summed E-state index contributed by atoms with van der Waals surface area (Å²) in [4.78, 5) is 0.308. The van der Waals surface area contributed by atoms with E-state index in [0.29, 0.717) is 23.7 Å². The van der Waals surface area contributed by atoms with Gasteiger partial charge in [0.2, 0.25) is 10.0 Å². The lowest BCUT2D eigenvalue weighted by Gasteiger charge is -2.19. The maximum atomic E-state index is 13.0. The molecule has 22 heavy (non-hydrogen) atoms. The van der Waals surface area contributed by atoms with Crippen LogP contribution >= 0.6 is 0 Å². The summed E-state index contributed by atoms with van der Waals surface area (Å²) in [5.41, 5.74) is 1.36. The predicted molar refractivity (Wildman–Crippen MR) is 85.9 cm³/mol. The molecule has 0 unspecified atom stereocenters. The molecule has 0 spiro atoms. The molecule has 1 aromatic carbocycles. The summed E-state index contributed by atoms with van der Waals surface area (Å²) >= 11 is 0. The highest BCUT2D eigenvalue weighted by Gasteiger charge is 2.30. The summed E-state index contributed by atoms with van der Waals surface area (Å²) in [6.07, 6.45) is 5.68. The van der Waals surface area contributed by atoms with Gasteiger partial charge in [0.05, 0.1) is 0 Å². The van der Waals surface area contributed by atoms with Gasteiger partial charge >= 0.3 is 0 Å². The molecule has 0 aliphatic carbocycles. The minimum Gasteiger partial charge on any atom is -0.274 e. The van der Waals surface area contributed by atoms with Crippen LogP contribution in [0.2, 0.25) is 0 Å². The third kappa shape index (κ3) is 2.94. The van der Waals surface area contributed by atoms with Crippen molar-refractivity contribution in [3.8, 4) is 11.3 Å². The van der Waals surface area contributed by atoms with Crippen molar-refractivity contribution < 1.29 is 8.42 Å². The van der Waals surface area contributed by atoms with Crippen molar-refractivity contribution in [2.75, 3.05) is 13.1 Å². The van der Waals surface area contributed by atoms with Crippen LogP contribution < -0.4 is 0 Å². The lowest BCUT2D eigenvalue weighted by atomic mass is 10.2. The molecule has 118 valence electrons. The summed E-state index contributed by atoms with van der Waals surface area (Å²) in [5, 5.41) is 4.38. The molecule has 2 heterocycles. The smallest absolute Gasteiger partial charge is 0.246 e. The van der Waals surface area contributed by atoms with Crippen LogP contribution in [0.25, 0.3) is 11.3 Å². The fourth-order valence-corrected chi connectivity index (χ4v) is 4.58. The monoisotopic (exact) mass is 319 g/mol. The number of nitrogens with zero attached hydrogens (tertiary/aromatic N) is 3. The Balaban J connectivity index is 2.04. The number of benzene rings is 1. The van der Waals surface area contributed by atoms with E-state index in [4.69, 9.17) is 0 Å². The van der Waals surface area contributed by atoms with E-state index in [2.05, 4.69) is 5.10 Å². The van der Waals surface area contributed by atoms with E-state index in [1.807, 2.05) is 30.3 Å². The van der Waals surface area contributed by atoms with Gasteiger partial charge in [-0.3, -0.25) is 4.68 Å². The van der Waals surface area contributed by atoms with E-state index < -0.39 is 10.0 Å². The van der Waals surface area contributed by atoms with Crippen molar-refractivity contribution in [2.45, 2.75) is 30.6 Å². The molecule has 0 amide bonds. The van der Waals surface area contributed by atoms with Gasteiger partial charge in [-0.15, -0.1) is 0 Å². The molecule has 1 aliphatic rings. The predicted octanol–water partition coefficient (Wildman–Crippen LogP) is 2.65. The summed E-state index contributed by atoms with van der Waals surface area (Å²) in [6, 6.07) is 9.49. The topological polar surface area (TPSA) is 55.2 Å². The first-order valence-corrected chi connectivity index (χ1v) is 9.12. The summed E-state index contributed by atoms with van der Waals surface area (Å²) < 4.78 is 29.2. The molecule has 1 aliphatic heterocycles. The first-order chi connectivity index (χ1) is 10.6. The minimum atomic E-state index is -3.49. The Kier molecular flexibility index (Phi) is 4.31. The molecule has 0 bridgehead atoms. The van der Waals surface area contributed by atoms with Gasteiger partial charge in [0.1, 0.15) is 10.6 Å². The van der Waals surface area contributed by atoms with Crippen LogP contribution in [-0.4, -0.2) is 35.6 Å². The van der Waals surface area contributed by atoms with Crippen LogP contribution in [0.3, 0.4) is 0 Å². The van der Waals surface area contributed by atoms with Gasteiger partial charge in [0.15, 0.2) is 0 Å². The second kappa shape index (κ2) is 6.22. The highest BCUT2D eigenvalue weighted by atomic mass is 32.2. The zero-order valence-corrected chi connectivity index (χ0v) is 13.6. The van der Waals surface area contributed by atoms with Crippen molar-refractivity contribution in [3.63, 3.8) is 0 Å². The van der Waals surface area contributed by atoms with Crippen molar-refractivity contribution in [3.05, 3.63) is 36.5 Å². The van der Waals surface area contributed by atoms with Crippen LogP contribution in [0.15, 0.2) is 41.4 Å². The normalized spacial score (nSPS) is 17.3. The standard InChI is InChI=1S/C16H21N3O2S/c1-18-13-15(16(17-18)14-9-5-4-6-10-14)22(20,21)19-11-7-2-3-8-12-19/h4-6,9-10,13H,2-3,7-8,11-12H2,1H3. The highest BCUT2D eigenvalue weighted by Crippen LogP contribution is 2.29. The molecule has 3 rings (SSSR count). The fourth-order valence-electron chi connectivity index (χ4n) is 2.87. The number of rotatable bonds is 3. The molecule has 0 atom stereocenters. The molecule has 0 saturated carbocycles. The minimum absolute atomic E-state index is 0.308. The van der Waals surface area contributed by atoms with E-state index in [1.54, 1.807) is 22.2 Å². The Morgan fingerprint density at radius 1 is 1.00 bits per heavy atom. The van der Waals surface area contributed by atoms with Gasteiger partial charge in [0, 0.05) is 31.9 Å². The Bertz CT molecular complexity index is 730. The first kappa shape index (κ1) is 15.2. The average molecular weight is 319 g/mol. The van der Waals surface area contributed by atoms with Crippen molar-refractivity contribution in [1.29, 1.82) is 0 Å². The second-order valence-electron chi connectivity index (χ2n) is 5.70. The molecular weight excluding hydrogens is 298 g/mol. The van der Waals surface area contributed by atoms with Crippen LogP contribution in [0.5, 0.6) is 0 Å². The van der Waals surface area contributed by atoms with Gasteiger partial charge in [0.25, 0.3) is 0 Å². The molecule has 0 radical (unpaired) electrons. The highest BCUT2D eigenvalue weighted by molar-refractivity contribution is 7.89. The molecule has 1 saturated heterocycles. The maximum absolute atomic E-state index is 13.0. The number of hydrogen-bond acceptors (Lipinski definition) is 3. The zero-order chi connectivity index (χ0) is 15.6. The van der Waals surface area contributed by atoms with Crippen LogP contribution in [0.1, 0.15) is 25.7 Å². The first-order valence-electron chi connectivity index (χ1n) is 7.68. The molecule has 2 aromatic rings. The Hall–Kier alpha value is -1.66. The third-order valence-corrected chi connectivity index (χ3v) is 5.92. The van der Waals surface area contributed by atoms with Crippen molar-refractivity contribution in [1.82, 2.24) is 14.1 Å². The second-order valence-corrected chi connectivity index (χ2v) is 7.61. The number of hydrogen-bond donors (Lipinski definition) is 0. The molecular formula is C16H21N3O2S. The van der Waals surface area contributed by atoms with E-state index in [9.17, 15) is 8.42 Å². The van der Waals surface area contributed by atoms with E-state index in [0.717, 1.165) is 31.2 Å². The lowest BCUT2D eigenvalue weighted by Crippen LogP contribution is -2.32. The van der Waals surface area contributed by atoms with Gasteiger partial charge in [-0.25, -0.2) is 8.42 Å². The summed E-state index contributed by atoms with van der Waals surface area (Å²) in [6.45, 7) is 1.21. The van der Waals surface area contributed by atoms with E-state index >= 15 is 0 Å². The van der Waals surface area contributed by atoms with Crippen LogP contribution in [0, 0.1) is 0 Å². The number of aryl methyl sites for hydroxylation is 1. The third-order valence-electron chi connectivity index (χ3n) is 4.03. The Morgan fingerprint density at radius 3 is 2.27 bits per heavy atom. The van der Waals surface area contributed by atoms with E-state index in [1.165, 1.54) is 0 Å². The van der Waals surface area contributed by atoms with Gasteiger partial charge < -0.3 is 0 Å². The van der Waals surface area contributed by atoms with Crippen molar-refractivity contribution in [2.24, 2.45) is 7.05 Å². The Labute approximate surface area is 131 Å². The molecule has 6 heteroatoms. The lowest BCUT2D eigenvalue weighted by molar-refractivity contribution is 0.424. The summed E-state index contributed by atoms with van der Waals surface area (Å²) in [5.74, 6) is 0. The molecule has 1 aromatic heterocycles. The quantitative estimate of drug-likeness (QED) is 0.874.